The topological polar surface area (TPSA) is 88.9 Å². The van der Waals surface area contributed by atoms with Gasteiger partial charge in [-0.25, -0.2) is 4.98 Å². The van der Waals surface area contributed by atoms with E-state index in [9.17, 15) is 9.59 Å². The highest BCUT2D eigenvalue weighted by atomic mass is 16.2. The standard InChI is InChI=1S/C15H13N5O2/c1-20-9-11(10-4-2-3-5-13(10)20)14(21)18-19-15(22)12-8-16-6-7-17-12/h2-9H,1H3,(H,18,21)(H,19,22). The lowest BCUT2D eigenvalue weighted by molar-refractivity contribution is 0.0844. The zero-order valence-electron chi connectivity index (χ0n) is 11.8. The van der Waals surface area contributed by atoms with E-state index in [1.807, 2.05) is 35.9 Å². The Morgan fingerprint density at radius 2 is 1.86 bits per heavy atom. The molecule has 0 saturated heterocycles. The van der Waals surface area contributed by atoms with E-state index >= 15 is 0 Å². The van der Waals surface area contributed by atoms with Gasteiger partial charge in [-0.2, -0.15) is 0 Å². The van der Waals surface area contributed by atoms with Gasteiger partial charge in [0.15, 0.2) is 0 Å². The van der Waals surface area contributed by atoms with Gasteiger partial charge in [-0.3, -0.25) is 25.4 Å². The molecular weight excluding hydrogens is 282 g/mol. The van der Waals surface area contributed by atoms with E-state index in [1.165, 1.54) is 18.6 Å². The molecule has 0 radical (unpaired) electrons. The number of fused-ring (bicyclic) bond motifs is 1. The predicted octanol–water partition coefficient (Wildman–Crippen LogP) is 1.04. The maximum absolute atomic E-state index is 12.2. The van der Waals surface area contributed by atoms with Crippen molar-refractivity contribution in [1.29, 1.82) is 0 Å². The maximum atomic E-state index is 12.2. The molecule has 2 N–H and O–H groups in total. The maximum Gasteiger partial charge on any atom is 0.289 e. The Kier molecular flexibility index (Phi) is 3.53. The van der Waals surface area contributed by atoms with Crippen LogP contribution in [0.3, 0.4) is 0 Å². The van der Waals surface area contributed by atoms with Gasteiger partial charge in [0.05, 0.1) is 11.8 Å². The minimum Gasteiger partial charge on any atom is -0.350 e. The fourth-order valence-electron chi connectivity index (χ4n) is 2.18. The first-order valence-electron chi connectivity index (χ1n) is 6.57. The van der Waals surface area contributed by atoms with E-state index in [1.54, 1.807) is 6.20 Å². The molecular formula is C15H13N5O2. The van der Waals surface area contributed by atoms with Crippen LogP contribution in [-0.4, -0.2) is 26.3 Å². The summed E-state index contributed by atoms with van der Waals surface area (Å²) in [5.74, 6) is -0.921. The summed E-state index contributed by atoms with van der Waals surface area (Å²) in [4.78, 5) is 31.7. The number of nitrogens with one attached hydrogen (secondary N) is 2. The molecule has 2 aromatic heterocycles. The van der Waals surface area contributed by atoms with Crippen molar-refractivity contribution in [2.24, 2.45) is 7.05 Å². The molecule has 3 aromatic rings. The summed E-state index contributed by atoms with van der Waals surface area (Å²) in [6.07, 6.45) is 5.90. The quantitative estimate of drug-likeness (QED) is 0.691. The van der Waals surface area contributed by atoms with Crippen LogP contribution in [0.25, 0.3) is 10.9 Å². The molecule has 0 saturated carbocycles. The van der Waals surface area contributed by atoms with Crippen LogP contribution >= 0.6 is 0 Å². The second-order valence-corrected chi connectivity index (χ2v) is 4.67. The van der Waals surface area contributed by atoms with Crippen LogP contribution in [0.5, 0.6) is 0 Å². The number of carbonyl (C=O) groups is 2. The van der Waals surface area contributed by atoms with Gasteiger partial charge in [-0.1, -0.05) is 18.2 Å². The molecule has 0 aliphatic heterocycles. The third-order valence-corrected chi connectivity index (χ3v) is 3.23. The van der Waals surface area contributed by atoms with Gasteiger partial charge in [-0.15, -0.1) is 0 Å². The number of benzene rings is 1. The van der Waals surface area contributed by atoms with E-state index in [0.717, 1.165) is 10.9 Å². The number of hydrogen-bond donors (Lipinski definition) is 2. The van der Waals surface area contributed by atoms with Gasteiger partial charge < -0.3 is 4.57 Å². The number of hydrazine groups is 1. The molecule has 2 heterocycles. The smallest absolute Gasteiger partial charge is 0.289 e. The Balaban J connectivity index is 1.76. The molecule has 3 rings (SSSR count). The van der Waals surface area contributed by atoms with Crippen LogP contribution in [0.2, 0.25) is 0 Å². The number of carbonyl (C=O) groups excluding carboxylic acids is 2. The van der Waals surface area contributed by atoms with Gasteiger partial charge >= 0.3 is 0 Å². The van der Waals surface area contributed by atoms with Crippen molar-refractivity contribution in [2.45, 2.75) is 0 Å². The largest absolute Gasteiger partial charge is 0.350 e. The molecule has 7 nitrogen and oxygen atoms in total. The van der Waals surface area contributed by atoms with Crippen LogP contribution in [0.4, 0.5) is 0 Å². The minimum atomic E-state index is -0.526. The van der Waals surface area contributed by atoms with Crippen LogP contribution in [0, 0.1) is 0 Å². The van der Waals surface area contributed by atoms with Gasteiger partial charge in [0.2, 0.25) is 0 Å². The molecule has 2 amide bonds. The van der Waals surface area contributed by atoms with E-state index in [-0.39, 0.29) is 5.69 Å². The summed E-state index contributed by atoms with van der Waals surface area (Å²) in [6.45, 7) is 0. The highest BCUT2D eigenvalue weighted by Gasteiger charge is 2.15. The third kappa shape index (κ3) is 2.51. The fourth-order valence-corrected chi connectivity index (χ4v) is 2.18. The van der Waals surface area contributed by atoms with E-state index < -0.39 is 11.8 Å². The van der Waals surface area contributed by atoms with E-state index in [4.69, 9.17) is 0 Å². The van der Waals surface area contributed by atoms with Crippen LogP contribution in [-0.2, 0) is 7.05 Å². The second-order valence-electron chi connectivity index (χ2n) is 4.67. The van der Waals surface area contributed by atoms with Crippen LogP contribution < -0.4 is 10.9 Å². The zero-order valence-corrected chi connectivity index (χ0v) is 11.8. The summed E-state index contributed by atoms with van der Waals surface area (Å²) in [6, 6.07) is 7.54. The first-order chi connectivity index (χ1) is 10.7. The fraction of sp³-hybridized carbons (Fsp3) is 0.0667. The van der Waals surface area contributed by atoms with Crippen molar-refractivity contribution in [2.75, 3.05) is 0 Å². The van der Waals surface area contributed by atoms with Gasteiger partial charge in [-0.05, 0) is 6.07 Å². The molecule has 0 bridgehead atoms. The Hall–Kier alpha value is -3.22. The monoisotopic (exact) mass is 295 g/mol. The van der Waals surface area contributed by atoms with Crippen molar-refractivity contribution in [3.05, 3.63) is 60.3 Å². The number of amides is 2. The minimum absolute atomic E-state index is 0.126. The van der Waals surface area contributed by atoms with Crippen molar-refractivity contribution in [3.63, 3.8) is 0 Å². The first-order valence-corrected chi connectivity index (χ1v) is 6.57. The van der Waals surface area contributed by atoms with Gasteiger partial charge in [0, 0.05) is 36.5 Å². The highest BCUT2D eigenvalue weighted by Crippen LogP contribution is 2.19. The average Bonchev–Trinajstić information content (AvgIpc) is 2.91. The SMILES string of the molecule is Cn1cc(C(=O)NNC(=O)c2cnccn2)c2ccccc21. The molecule has 22 heavy (non-hydrogen) atoms. The Morgan fingerprint density at radius 3 is 2.64 bits per heavy atom. The van der Waals surface area contributed by atoms with Crippen LogP contribution in [0.15, 0.2) is 49.1 Å². The lowest BCUT2D eigenvalue weighted by Crippen LogP contribution is -2.41. The Morgan fingerprint density at radius 1 is 1.09 bits per heavy atom. The molecule has 0 aliphatic rings. The first kappa shape index (κ1) is 13.7. The normalized spacial score (nSPS) is 10.4. The predicted molar refractivity (Wildman–Crippen MR) is 79.9 cm³/mol. The highest BCUT2D eigenvalue weighted by molar-refractivity contribution is 6.07. The van der Waals surface area contributed by atoms with Crippen LogP contribution in [0.1, 0.15) is 20.8 Å². The third-order valence-electron chi connectivity index (χ3n) is 3.23. The van der Waals surface area contributed by atoms with Crippen molar-refractivity contribution in [3.8, 4) is 0 Å². The Labute approximate surface area is 126 Å². The van der Waals surface area contributed by atoms with Crippen molar-refractivity contribution >= 4 is 22.7 Å². The molecule has 0 unspecified atom stereocenters. The molecule has 0 fully saturated rings. The second kappa shape index (κ2) is 5.65. The summed E-state index contributed by atoms with van der Waals surface area (Å²) >= 11 is 0. The lowest BCUT2D eigenvalue weighted by atomic mass is 10.2. The number of rotatable bonds is 2. The molecule has 7 heteroatoms. The summed E-state index contributed by atoms with van der Waals surface area (Å²) in [7, 11) is 1.86. The zero-order chi connectivity index (χ0) is 15.5. The number of aromatic nitrogens is 3. The summed E-state index contributed by atoms with van der Waals surface area (Å²) in [5.41, 5.74) is 6.25. The number of hydrogen-bond acceptors (Lipinski definition) is 4. The van der Waals surface area contributed by atoms with Crippen molar-refractivity contribution in [1.82, 2.24) is 25.4 Å². The molecule has 0 spiro atoms. The average molecular weight is 295 g/mol. The van der Waals surface area contributed by atoms with E-state index in [2.05, 4.69) is 20.8 Å². The number of nitrogens with zero attached hydrogens (tertiary/aromatic N) is 3. The number of para-hydroxylation sites is 1. The Bertz CT molecular complexity index is 842. The van der Waals surface area contributed by atoms with Gasteiger partial charge in [0.1, 0.15) is 5.69 Å². The van der Waals surface area contributed by atoms with Gasteiger partial charge in [0.25, 0.3) is 11.8 Å². The molecule has 0 atom stereocenters. The lowest BCUT2D eigenvalue weighted by Gasteiger charge is -2.05. The number of aryl methyl sites for hydroxylation is 1. The van der Waals surface area contributed by atoms with E-state index in [0.29, 0.717) is 5.56 Å². The molecule has 0 aliphatic carbocycles. The molecule has 110 valence electrons. The molecule has 1 aromatic carbocycles. The summed E-state index contributed by atoms with van der Waals surface area (Å²) in [5, 5.41) is 0.816. The van der Waals surface area contributed by atoms with Crippen molar-refractivity contribution < 1.29 is 9.59 Å². The summed E-state index contributed by atoms with van der Waals surface area (Å²) < 4.78 is 1.86.